The number of pyridine rings is 1. The van der Waals surface area contributed by atoms with Crippen molar-refractivity contribution in [2.24, 2.45) is 0 Å². The van der Waals surface area contributed by atoms with Crippen LogP contribution in [-0.4, -0.2) is 17.4 Å². The number of aromatic nitrogens is 1. The number of rotatable bonds is 1. The summed E-state index contributed by atoms with van der Waals surface area (Å²) in [5.41, 5.74) is 0. The maximum atomic E-state index is 10.7. The van der Waals surface area contributed by atoms with Crippen molar-refractivity contribution in [1.29, 1.82) is 0 Å². The first kappa shape index (κ1) is 8.07. The van der Waals surface area contributed by atoms with Crippen molar-refractivity contribution < 1.29 is 9.53 Å². The average molecular weight is 169 g/mol. The molecule has 0 aromatic carbocycles. The molecule has 0 N–H and O–H groups in total. The Kier molecular flexibility index (Phi) is 2.92. The standard InChI is InChI=1S/C7H7NO2S/c1-10-7(9)11-6-2-4-8-5-3-6/h2-5H,1H3. The van der Waals surface area contributed by atoms with Crippen LogP contribution in [0.15, 0.2) is 29.4 Å². The molecule has 0 saturated heterocycles. The lowest BCUT2D eigenvalue weighted by atomic mass is 10.5. The fraction of sp³-hybridized carbons (Fsp3) is 0.143. The summed E-state index contributed by atoms with van der Waals surface area (Å²) in [6, 6.07) is 3.50. The summed E-state index contributed by atoms with van der Waals surface area (Å²) in [6.07, 6.45) is 3.26. The molecule has 0 saturated carbocycles. The number of nitrogens with zero attached hydrogens (tertiary/aromatic N) is 1. The molecule has 0 aliphatic carbocycles. The third kappa shape index (κ3) is 2.59. The van der Waals surface area contributed by atoms with Crippen molar-refractivity contribution in [3.63, 3.8) is 0 Å². The zero-order valence-electron chi connectivity index (χ0n) is 5.98. The molecule has 1 aromatic heterocycles. The quantitative estimate of drug-likeness (QED) is 0.475. The minimum Gasteiger partial charge on any atom is -0.461 e. The van der Waals surface area contributed by atoms with Crippen molar-refractivity contribution in [2.45, 2.75) is 4.90 Å². The summed E-state index contributed by atoms with van der Waals surface area (Å²) in [5.74, 6) is 0. The molecule has 0 atom stereocenters. The molecule has 1 aromatic rings. The number of ether oxygens (including phenoxy) is 1. The number of hydrogen-bond acceptors (Lipinski definition) is 4. The molecule has 11 heavy (non-hydrogen) atoms. The van der Waals surface area contributed by atoms with E-state index in [1.165, 1.54) is 7.11 Å². The number of hydrogen-bond donors (Lipinski definition) is 0. The van der Waals surface area contributed by atoms with E-state index < -0.39 is 0 Å². The molecule has 0 unspecified atom stereocenters. The summed E-state index contributed by atoms with van der Waals surface area (Å²) < 4.78 is 4.46. The first-order valence-corrected chi connectivity index (χ1v) is 3.80. The highest BCUT2D eigenvalue weighted by Gasteiger charge is 2.01. The van der Waals surface area contributed by atoms with E-state index in [4.69, 9.17) is 0 Å². The van der Waals surface area contributed by atoms with Crippen molar-refractivity contribution in [3.8, 4) is 0 Å². The molecule has 0 amide bonds. The average Bonchev–Trinajstić information content (AvgIpc) is 2.06. The molecule has 58 valence electrons. The van der Waals surface area contributed by atoms with Gasteiger partial charge in [-0.25, -0.2) is 4.79 Å². The van der Waals surface area contributed by atoms with E-state index in [9.17, 15) is 4.79 Å². The van der Waals surface area contributed by atoms with Gasteiger partial charge in [0, 0.05) is 17.3 Å². The molecule has 0 spiro atoms. The minimum atomic E-state index is -0.309. The van der Waals surface area contributed by atoms with Crippen LogP contribution in [0.5, 0.6) is 0 Å². The van der Waals surface area contributed by atoms with Crippen LogP contribution in [0.2, 0.25) is 0 Å². The highest BCUT2D eigenvalue weighted by atomic mass is 32.2. The van der Waals surface area contributed by atoms with Gasteiger partial charge in [0.1, 0.15) is 0 Å². The Labute approximate surface area is 68.8 Å². The molecule has 0 aliphatic rings. The molecular weight excluding hydrogens is 162 g/mol. The van der Waals surface area contributed by atoms with Crippen molar-refractivity contribution in [2.75, 3.05) is 7.11 Å². The lowest BCUT2D eigenvalue weighted by Gasteiger charge is -1.96. The minimum absolute atomic E-state index is 0.309. The van der Waals surface area contributed by atoms with Gasteiger partial charge in [0.05, 0.1) is 7.11 Å². The first-order valence-electron chi connectivity index (χ1n) is 2.99. The van der Waals surface area contributed by atoms with E-state index in [0.717, 1.165) is 16.7 Å². The van der Waals surface area contributed by atoms with E-state index >= 15 is 0 Å². The molecule has 0 bridgehead atoms. The van der Waals surface area contributed by atoms with Gasteiger partial charge in [-0.1, -0.05) is 0 Å². The summed E-state index contributed by atoms with van der Waals surface area (Å²) in [5, 5.41) is -0.309. The normalized spacial score (nSPS) is 9.18. The monoisotopic (exact) mass is 169 g/mol. The fourth-order valence-corrected chi connectivity index (χ4v) is 1.08. The Morgan fingerprint density at radius 3 is 2.73 bits per heavy atom. The van der Waals surface area contributed by atoms with Gasteiger partial charge in [-0.05, 0) is 23.9 Å². The molecular formula is C7H7NO2S. The molecule has 1 heterocycles. The van der Waals surface area contributed by atoms with Gasteiger partial charge in [0.2, 0.25) is 0 Å². The topological polar surface area (TPSA) is 39.2 Å². The molecule has 1 rings (SSSR count). The Bertz CT molecular complexity index is 237. The SMILES string of the molecule is COC(=O)Sc1ccncc1. The van der Waals surface area contributed by atoms with Crippen LogP contribution in [0.1, 0.15) is 0 Å². The smallest absolute Gasteiger partial charge is 0.371 e. The maximum Gasteiger partial charge on any atom is 0.371 e. The maximum absolute atomic E-state index is 10.7. The molecule has 0 fully saturated rings. The second-order valence-electron chi connectivity index (χ2n) is 1.74. The summed E-state index contributed by atoms with van der Waals surface area (Å²) in [4.78, 5) is 15.4. The second-order valence-corrected chi connectivity index (χ2v) is 2.75. The summed E-state index contributed by atoms with van der Waals surface area (Å²) in [6.45, 7) is 0. The van der Waals surface area contributed by atoms with E-state index in [1.54, 1.807) is 24.5 Å². The Hall–Kier alpha value is -1.03. The van der Waals surface area contributed by atoms with Gasteiger partial charge < -0.3 is 4.74 Å². The van der Waals surface area contributed by atoms with E-state index in [1.807, 2.05) is 0 Å². The number of carbonyl (C=O) groups is 1. The van der Waals surface area contributed by atoms with Gasteiger partial charge in [0.25, 0.3) is 0 Å². The third-order valence-corrected chi connectivity index (χ3v) is 1.86. The van der Waals surface area contributed by atoms with E-state index in [-0.39, 0.29) is 5.30 Å². The van der Waals surface area contributed by atoms with Crippen LogP contribution in [0, 0.1) is 0 Å². The lowest BCUT2D eigenvalue weighted by molar-refractivity contribution is 0.200. The van der Waals surface area contributed by atoms with Gasteiger partial charge in [0.15, 0.2) is 0 Å². The highest BCUT2D eigenvalue weighted by Crippen LogP contribution is 2.17. The van der Waals surface area contributed by atoms with Crippen LogP contribution in [0.25, 0.3) is 0 Å². The predicted molar refractivity (Wildman–Crippen MR) is 42.5 cm³/mol. The third-order valence-electron chi connectivity index (χ3n) is 1.02. The summed E-state index contributed by atoms with van der Waals surface area (Å²) in [7, 11) is 1.36. The first-order chi connectivity index (χ1) is 5.33. The lowest BCUT2D eigenvalue weighted by Crippen LogP contribution is -1.89. The van der Waals surface area contributed by atoms with Gasteiger partial charge >= 0.3 is 5.30 Å². The van der Waals surface area contributed by atoms with Crippen LogP contribution in [0.3, 0.4) is 0 Å². The van der Waals surface area contributed by atoms with Crippen molar-refractivity contribution in [3.05, 3.63) is 24.5 Å². The van der Waals surface area contributed by atoms with Crippen LogP contribution < -0.4 is 0 Å². The number of methoxy groups -OCH3 is 1. The van der Waals surface area contributed by atoms with E-state index in [2.05, 4.69) is 9.72 Å². The van der Waals surface area contributed by atoms with Crippen LogP contribution in [0.4, 0.5) is 4.79 Å². The zero-order chi connectivity index (χ0) is 8.10. The van der Waals surface area contributed by atoms with Crippen LogP contribution in [-0.2, 0) is 4.74 Å². The number of carbonyl (C=O) groups excluding carboxylic acids is 1. The molecule has 4 heteroatoms. The van der Waals surface area contributed by atoms with Crippen molar-refractivity contribution >= 4 is 17.1 Å². The van der Waals surface area contributed by atoms with Crippen molar-refractivity contribution in [1.82, 2.24) is 4.98 Å². The highest BCUT2D eigenvalue weighted by molar-refractivity contribution is 8.13. The van der Waals surface area contributed by atoms with Gasteiger partial charge in [-0.3, -0.25) is 4.98 Å². The Balaban J connectivity index is 2.58. The molecule has 0 aliphatic heterocycles. The zero-order valence-corrected chi connectivity index (χ0v) is 6.80. The Morgan fingerprint density at radius 2 is 2.18 bits per heavy atom. The van der Waals surface area contributed by atoms with E-state index in [0.29, 0.717) is 0 Å². The largest absolute Gasteiger partial charge is 0.461 e. The van der Waals surface area contributed by atoms with Gasteiger partial charge in [-0.2, -0.15) is 0 Å². The summed E-state index contributed by atoms with van der Waals surface area (Å²) >= 11 is 1.04. The predicted octanol–water partition coefficient (Wildman–Crippen LogP) is 1.94. The number of thioether (sulfide) groups is 1. The Morgan fingerprint density at radius 1 is 1.55 bits per heavy atom. The van der Waals surface area contributed by atoms with Crippen LogP contribution >= 0.6 is 11.8 Å². The second kappa shape index (κ2) is 3.98. The fourth-order valence-electron chi connectivity index (χ4n) is 0.544. The van der Waals surface area contributed by atoms with Gasteiger partial charge in [-0.15, -0.1) is 0 Å². The molecule has 3 nitrogen and oxygen atoms in total. The molecule has 0 radical (unpaired) electrons.